The maximum absolute atomic E-state index is 4.51. The molecule has 25 heavy (non-hydrogen) atoms. The van der Waals surface area contributed by atoms with Crippen LogP contribution in [-0.2, 0) is 0 Å². The quantitative estimate of drug-likeness (QED) is 0.331. The molecular weight excluding hydrogens is 310 g/mol. The lowest BCUT2D eigenvalue weighted by molar-refractivity contribution is 0.224. The molecule has 0 saturated carbocycles. The third-order valence-corrected chi connectivity index (χ3v) is 5.92. The van der Waals surface area contributed by atoms with E-state index in [-0.39, 0.29) is 0 Å². The molecule has 0 aromatic carbocycles. The first-order chi connectivity index (χ1) is 12.4. The molecule has 0 radical (unpaired) electrons. The summed E-state index contributed by atoms with van der Waals surface area (Å²) in [5, 5.41) is 3.59. The fourth-order valence-electron chi connectivity index (χ4n) is 4.38. The van der Waals surface area contributed by atoms with Gasteiger partial charge in [0.1, 0.15) is 0 Å². The number of aliphatic imine (C=N–C) groups is 1. The Kier molecular flexibility index (Phi) is 7.61. The van der Waals surface area contributed by atoms with Gasteiger partial charge in [0, 0.05) is 45.8 Å². The highest BCUT2D eigenvalue weighted by atomic mass is 15.3. The van der Waals surface area contributed by atoms with Gasteiger partial charge in [0.25, 0.3) is 0 Å². The van der Waals surface area contributed by atoms with Crippen LogP contribution >= 0.6 is 0 Å². The van der Waals surface area contributed by atoms with Crippen molar-refractivity contribution in [2.45, 2.75) is 51.0 Å². The minimum absolute atomic E-state index is 0.693. The predicted molar refractivity (Wildman–Crippen MR) is 106 cm³/mol. The number of nitrogens with one attached hydrogen (secondary N) is 1. The van der Waals surface area contributed by atoms with Crippen LogP contribution in [0.1, 0.15) is 44.9 Å². The molecule has 1 unspecified atom stereocenters. The van der Waals surface area contributed by atoms with Crippen LogP contribution in [-0.4, -0.2) is 86.1 Å². The summed E-state index contributed by atoms with van der Waals surface area (Å²) < 4.78 is 0. The van der Waals surface area contributed by atoms with E-state index in [1.165, 1.54) is 64.6 Å². The Morgan fingerprint density at radius 1 is 1.04 bits per heavy atom. The molecule has 0 bridgehead atoms. The average Bonchev–Trinajstić information content (AvgIpc) is 3.33. The monoisotopic (exact) mass is 347 g/mol. The van der Waals surface area contributed by atoms with Crippen LogP contribution in [0.15, 0.2) is 17.1 Å². The number of nitrogens with zero attached hydrogens (tertiary/aromatic N) is 4. The minimum Gasteiger partial charge on any atom is -0.356 e. The highest BCUT2D eigenvalue weighted by molar-refractivity contribution is 5.80. The van der Waals surface area contributed by atoms with Gasteiger partial charge >= 0.3 is 0 Å². The first kappa shape index (κ1) is 18.7. The van der Waals surface area contributed by atoms with Gasteiger partial charge in [0.15, 0.2) is 5.96 Å². The maximum atomic E-state index is 4.51. The number of guanidine groups is 1. The van der Waals surface area contributed by atoms with Crippen molar-refractivity contribution in [3.63, 3.8) is 0 Å². The van der Waals surface area contributed by atoms with Crippen LogP contribution in [0, 0.1) is 0 Å². The lowest BCUT2D eigenvalue weighted by atomic mass is 10.1. The SMILES string of the molecule is CN=C(NCCCCCN1CCCCC1)N1CCC(N2CC=CC2)C1. The number of piperidine rings is 1. The number of hydrogen-bond acceptors (Lipinski definition) is 3. The Hall–Kier alpha value is -1.07. The summed E-state index contributed by atoms with van der Waals surface area (Å²) in [6, 6.07) is 0.693. The fraction of sp³-hybridized carbons (Fsp3) is 0.850. The van der Waals surface area contributed by atoms with E-state index in [0.717, 1.165) is 38.7 Å². The highest BCUT2D eigenvalue weighted by Gasteiger charge is 2.29. The second-order valence-corrected chi connectivity index (χ2v) is 7.75. The lowest BCUT2D eigenvalue weighted by Gasteiger charge is -2.26. The van der Waals surface area contributed by atoms with E-state index >= 15 is 0 Å². The number of hydrogen-bond donors (Lipinski definition) is 1. The molecule has 0 aliphatic carbocycles. The van der Waals surface area contributed by atoms with Crippen LogP contribution in [0.3, 0.4) is 0 Å². The Balaban J connectivity index is 1.26. The first-order valence-corrected chi connectivity index (χ1v) is 10.4. The van der Waals surface area contributed by atoms with Crippen LogP contribution in [0.5, 0.6) is 0 Å². The third-order valence-electron chi connectivity index (χ3n) is 5.92. The van der Waals surface area contributed by atoms with Gasteiger partial charge in [-0.3, -0.25) is 9.89 Å². The molecule has 2 fully saturated rings. The van der Waals surface area contributed by atoms with Crippen molar-refractivity contribution in [2.75, 3.05) is 59.4 Å². The summed E-state index contributed by atoms with van der Waals surface area (Å²) in [5.74, 6) is 1.10. The second-order valence-electron chi connectivity index (χ2n) is 7.75. The summed E-state index contributed by atoms with van der Waals surface area (Å²) in [4.78, 5) is 12.2. The van der Waals surface area contributed by atoms with Crippen molar-refractivity contribution in [1.82, 2.24) is 20.0 Å². The van der Waals surface area contributed by atoms with E-state index in [9.17, 15) is 0 Å². The van der Waals surface area contributed by atoms with Crippen molar-refractivity contribution in [2.24, 2.45) is 4.99 Å². The topological polar surface area (TPSA) is 34.1 Å². The van der Waals surface area contributed by atoms with Crippen LogP contribution in [0.25, 0.3) is 0 Å². The standard InChI is InChI=1S/C20H37N5/c1-21-20(25-17-10-19(18-25)24-15-8-9-16-24)22-11-4-2-5-12-23-13-6-3-7-14-23/h8-9,19H,2-7,10-18H2,1H3,(H,21,22). The lowest BCUT2D eigenvalue weighted by Crippen LogP contribution is -2.43. The Morgan fingerprint density at radius 3 is 2.60 bits per heavy atom. The van der Waals surface area contributed by atoms with Crippen LogP contribution in [0.2, 0.25) is 0 Å². The van der Waals surface area contributed by atoms with Gasteiger partial charge in [0.2, 0.25) is 0 Å². The van der Waals surface area contributed by atoms with E-state index in [4.69, 9.17) is 0 Å². The van der Waals surface area contributed by atoms with Gasteiger partial charge in [-0.25, -0.2) is 0 Å². The zero-order valence-corrected chi connectivity index (χ0v) is 16.1. The molecule has 0 aromatic heterocycles. The number of likely N-dealkylation sites (tertiary alicyclic amines) is 2. The summed E-state index contributed by atoms with van der Waals surface area (Å²) in [6.45, 7) is 9.52. The van der Waals surface area contributed by atoms with Crippen molar-refractivity contribution in [3.8, 4) is 0 Å². The summed E-state index contributed by atoms with van der Waals surface area (Å²) >= 11 is 0. The van der Waals surface area contributed by atoms with Crippen molar-refractivity contribution in [1.29, 1.82) is 0 Å². The number of unbranched alkanes of at least 4 members (excludes halogenated alkanes) is 2. The normalized spacial score (nSPS) is 25.9. The van der Waals surface area contributed by atoms with Gasteiger partial charge in [-0.1, -0.05) is 25.0 Å². The second kappa shape index (κ2) is 10.2. The molecular formula is C20H37N5. The van der Waals surface area contributed by atoms with Gasteiger partial charge < -0.3 is 15.1 Å². The van der Waals surface area contributed by atoms with Crippen LogP contribution < -0.4 is 5.32 Å². The largest absolute Gasteiger partial charge is 0.356 e. The van der Waals surface area contributed by atoms with Crippen molar-refractivity contribution in [3.05, 3.63) is 12.2 Å². The molecule has 5 heteroatoms. The average molecular weight is 348 g/mol. The van der Waals surface area contributed by atoms with Gasteiger partial charge in [-0.2, -0.15) is 0 Å². The molecule has 3 aliphatic rings. The highest BCUT2D eigenvalue weighted by Crippen LogP contribution is 2.17. The molecule has 2 saturated heterocycles. The summed E-state index contributed by atoms with van der Waals surface area (Å²) in [5.41, 5.74) is 0. The molecule has 0 amide bonds. The molecule has 3 heterocycles. The van der Waals surface area contributed by atoms with Crippen molar-refractivity contribution >= 4 is 5.96 Å². The first-order valence-electron chi connectivity index (χ1n) is 10.4. The summed E-state index contributed by atoms with van der Waals surface area (Å²) in [6.07, 6.45) is 14.0. The molecule has 142 valence electrons. The van der Waals surface area contributed by atoms with Gasteiger partial charge in [-0.05, 0) is 51.7 Å². The third kappa shape index (κ3) is 5.71. The van der Waals surface area contributed by atoms with E-state index in [2.05, 4.69) is 37.2 Å². The molecule has 1 N–H and O–H groups in total. The predicted octanol–water partition coefficient (Wildman–Crippen LogP) is 2.16. The smallest absolute Gasteiger partial charge is 0.193 e. The van der Waals surface area contributed by atoms with Crippen LogP contribution in [0.4, 0.5) is 0 Å². The summed E-state index contributed by atoms with van der Waals surface area (Å²) in [7, 11) is 1.92. The molecule has 0 aromatic rings. The molecule has 0 spiro atoms. The van der Waals surface area contributed by atoms with E-state index in [1.807, 2.05) is 7.05 Å². The molecule has 3 aliphatic heterocycles. The Bertz CT molecular complexity index is 433. The Labute approximate surface area is 154 Å². The van der Waals surface area contributed by atoms with E-state index in [0.29, 0.717) is 6.04 Å². The molecule has 1 atom stereocenters. The Morgan fingerprint density at radius 2 is 1.84 bits per heavy atom. The van der Waals surface area contributed by atoms with Crippen molar-refractivity contribution < 1.29 is 0 Å². The van der Waals surface area contributed by atoms with E-state index < -0.39 is 0 Å². The zero-order chi connectivity index (χ0) is 17.3. The molecule has 5 nitrogen and oxygen atoms in total. The maximum Gasteiger partial charge on any atom is 0.193 e. The van der Waals surface area contributed by atoms with Gasteiger partial charge in [0.05, 0.1) is 0 Å². The molecule has 3 rings (SSSR count). The zero-order valence-electron chi connectivity index (χ0n) is 16.1. The van der Waals surface area contributed by atoms with E-state index in [1.54, 1.807) is 0 Å². The minimum atomic E-state index is 0.693. The van der Waals surface area contributed by atoms with Gasteiger partial charge in [-0.15, -0.1) is 0 Å². The fourth-order valence-corrected chi connectivity index (χ4v) is 4.38. The number of rotatable bonds is 7.